The van der Waals surface area contributed by atoms with Crippen molar-refractivity contribution in [2.24, 2.45) is 0 Å². The van der Waals surface area contributed by atoms with E-state index in [1.807, 2.05) is 0 Å². The lowest BCUT2D eigenvalue weighted by Gasteiger charge is -2.07. The minimum absolute atomic E-state index is 1.04. The zero-order valence-electron chi connectivity index (χ0n) is 19.6. The van der Waals surface area contributed by atoms with Crippen molar-refractivity contribution < 1.29 is 0 Å². The molecule has 0 saturated heterocycles. The summed E-state index contributed by atoms with van der Waals surface area (Å²) < 4.78 is 0. The molecule has 2 aromatic rings. The third-order valence-corrected chi connectivity index (χ3v) is 4.74. The lowest BCUT2D eigenvalue weighted by molar-refractivity contribution is 0.373. The van der Waals surface area contributed by atoms with Gasteiger partial charge in [0.2, 0.25) is 0 Å². The molecule has 0 spiro atoms. The van der Waals surface area contributed by atoms with Crippen molar-refractivity contribution in [1.29, 1.82) is 0 Å². The van der Waals surface area contributed by atoms with Crippen LogP contribution < -0.4 is 0 Å². The summed E-state index contributed by atoms with van der Waals surface area (Å²) in [6, 6.07) is 15.2. The molecule has 2 nitrogen and oxygen atoms in total. The topological polar surface area (TPSA) is 16.1 Å². The summed E-state index contributed by atoms with van der Waals surface area (Å²) in [6.07, 6.45) is 7.00. The summed E-state index contributed by atoms with van der Waals surface area (Å²) in [7, 11) is 2.11. The maximum Gasteiger partial charge on any atom is 0.0404 e. The van der Waals surface area contributed by atoms with E-state index in [0.29, 0.717) is 0 Å². The van der Waals surface area contributed by atoms with Gasteiger partial charge in [-0.25, -0.2) is 0 Å². The molecule has 0 radical (unpaired) electrons. The van der Waals surface area contributed by atoms with Crippen molar-refractivity contribution in [3.05, 3.63) is 65.0 Å². The summed E-state index contributed by atoms with van der Waals surface area (Å²) in [6.45, 7) is 15.3. The number of rotatable bonds is 8. The fourth-order valence-corrected chi connectivity index (χ4v) is 2.66. The second kappa shape index (κ2) is 17.4. The van der Waals surface area contributed by atoms with Crippen molar-refractivity contribution in [3.63, 3.8) is 0 Å². The number of pyridine rings is 1. The van der Waals surface area contributed by atoms with Gasteiger partial charge in [0.25, 0.3) is 0 Å². The van der Waals surface area contributed by atoms with Crippen LogP contribution in [0.1, 0.15) is 76.9 Å². The molecule has 2 heteroatoms. The quantitative estimate of drug-likeness (QED) is 0.500. The summed E-state index contributed by atoms with van der Waals surface area (Å²) in [5, 5.41) is 0. The first-order valence-corrected chi connectivity index (χ1v) is 11.2. The molecule has 1 aromatic heterocycles. The Balaban J connectivity index is 0.000000414. The van der Waals surface area contributed by atoms with E-state index in [4.69, 9.17) is 0 Å². The molecular weight excluding hydrogens is 340 g/mol. The number of nitrogens with zero attached hydrogens (tertiary/aromatic N) is 2. The van der Waals surface area contributed by atoms with E-state index < -0.39 is 0 Å². The normalized spacial score (nSPS) is 10.0. The van der Waals surface area contributed by atoms with E-state index in [9.17, 15) is 0 Å². The molecule has 0 N–H and O–H groups in total. The summed E-state index contributed by atoms with van der Waals surface area (Å²) in [5.74, 6) is 0. The molecule has 0 bridgehead atoms. The van der Waals surface area contributed by atoms with Gasteiger partial charge in [0, 0.05) is 11.4 Å². The molecule has 0 fully saturated rings. The number of benzene rings is 1. The standard InChI is InChI=1S/C12H18.C9H13N.C5H13N/c1-3-6-11-8-5-9-12(10-11)7-4-2;1-3-8-6-5-7-9(4-2)10-8;1-4-6(3)5-2/h5,8-10H,3-4,6-7H2,1-2H3;5-7H,3-4H2,1-2H3;4-5H2,1-3H3. The van der Waals surface area contributed by atoms with Crippen LogP contribution in [0.3, 0.4) is 0 Å². The lowest BCUT2D eigenvalue weighted by Crippen LogP contribution is -2.15. The molecule has 0 aliphatic carbocycles. The maximum absolute atomic E-state index is 4.41. The van der Waals surface area contributed by atoms with E-state index in [1.165, 1.54) is 48.2 Å². The molecule has 28 heavy (non-hydrogen) atoms. The lowest BCUT2D eigenvalue weighted by atomic mass is 10.0. The van der Waals surface area contributed by atoms with Crippen LogP contribution in [0.2, 0.25) is 0 Å². The van der Waals surface area contributed by atoms with Crippen molar-refractivity contribution in [2.45, 2.75) is 80.1 Å². The Morgan fingerprint density at radius 1 is 0.679 bits per heavy atom. The first-order valence-electron chi connectivity index (χ1n) is 11.2. The second-order valence-corrected chi connectivity index (χ2v) is 7.14. The number of hydrogen-bond donors (Lipinski definition) is 0. The summed E-state index contributed by atoms with van der Waals surface area (Å²) >= 11 is 0. The predicted molar refractivity (Wildman–Crippen MR) is 126 cm³/mol. The van der Waals surface area contributed by atoms with Gasteiger partial charge in [-0.1, -0.05) is 84.7 Å². The van der Waals surface area contributed by atoms with Crippen LogP contribution in [0.5, 0.6) is 0 Å². The molecule has 0 atom stereocenters. The highest BCUT2D eigenvalue weighted by Gasteiger charge is 1.93. The molecule has 0 unspecified atom stereocenters. The Morgan fingerprint density at radius 3 is 1.43 bits per heavy atom. The van der Waals surface area contributed by atoms with E-state index in [1.54, 1.807) is 0 Å². The highest BCUT2D eigenvalue weighted by atomic mass is 15.1. The average Bonchev–Trinajstić information content (AvgIpc) is 2.75. The van der Waals surface area contributed by atoms with E-state index >= 15 is 0 Å². The molecule has 0 saturated carbocycles. The van der Waals surface area contributed by atoms with Crippen molar-refractivity contribution >= 4 is 0 Å². The number of hydrogen-bond acceptors (Lipinski definition) is 2. The highest BCUT2D eigenvalue weighted by molar-refractivity contribution is 5.23. The minimum atomic E-state index is 1.04. The van der Waals surface area contributed by atoms with Crippen LogP contribution in [0.15, 0.2) is 42.5 Å². The highest BCUT2D eigenvalue weighted by Crippen LogP contribution is 2.09. The second-order valence-electron chi connectivity index (χ2n) is 7.14. The fourth-order valence-electron chi connectivity index (χ4n) is 2.66. The monoisotopic (exact) mass is 384 g/mol. The third kappa shape index (κ3) is 12.7. The molecule has 1 aromatic carbocycles. The molecule has 2 rings (SSSR count). The predicted octanol–water partition coefficient (Wildman–Crippen LogP) is 6.76. The number of aryl methyl sites for hydroxylation is 4. The van der Waals surface area contributed by atoms with Crippen LogP contribution in [0.4, 0.5) is 0 Å². The van der Waals surface area contributed by atoms with Crippen molar-refractivity contribution in [3.8, 4) is 0 Å². The van der Waals surface area contributed by atoms with Crippen molar-refractivity contribution in [1.82, 2.24) is 9.88 Å². The van der Waals surface area contributed by atoms with Gasteiger partial charge in [-0.3, -0.25) is 4.98 Å². The number of aromatic nitrogens is 1. The Hall–Kier alpha value is -1.67. The van der Waals surface area contributed by atoms with Crippen LogP contribution >= 0.6 is 0 Å². The van der Waals surface area contributed by atoms with Gasteiger partial charge in [0.15, 0.2) is 0 Å². The fraction of sp³-hybridized carbons (Fsp3) is 0.577. The van der Waals surface area contributed by atoms with Gasteiger partial charge in [0.1, 0.15) is 0 Å². The van der Waals surface area contributed by atoms with Gasteiger partial charge in [0.05, 0.1) is 0 Å². The minimum Gasteiger partial charge on any atom is -0.307 e. The van der Waals surface area contributed by atoms with Gasteiger partial charge in [-0.15, -0.1) is 0 Å². The summed E-state index contributed by atoms with van der Waals surface area (Å²) in [5.41, 5.74) is 5.37. The molecule has 0 amide bonds. The van der Waals surface area contributed by atoms with Gasteiger partial charge < -0.3 is 4.90 Å². The van der Waals surface area contributed by atoms with E-state index in [-0.39, 0.29) is 0 Å². The van der Waals surface area contributed by atoms with E-state index in [2.05, 4.69) is 101 Å². The Bertz CT molecular complexity index is 562. The zero-order valence-corrected chi connectivity index (χ0v) is 19.6. The van der Waals surface area contributed by atoms with Crippen LogP contribution in [-0.4, -0.2) is 30.0 Å². The van der Waals surface area contributed by atoms with Gasteiger partial charge in [-0.05, 0) is 69.1 Å². The first kappa shape index (κ1) is 26.3. The molecule has 158 valence electrons. The van der Waals surface area contributed by atoms with E-state index in [0.717, 1.165) is 25.9 Å². The van der Waals surface area contributed by atoms with Crippen LogP contribution in [-0.2, 0) is 25.7 Å². The van der Waals surface area contributed by atoms with Gasteiger partial charge in [-0.2, -0.15) is 0 Å². The summed E-state index contributed by atoms with van der Waals surface area (Å²) in [4.78, 5) is 6.66. The average molecular weight is 385 g/mol. The largest absolute Gasteiger partial charge is 0.307 e. The molecular formula is C26H44N2. The molecule has 0 aliphatic rings. The Morgan fingerprint density at radius 2 is 1.11 bits per heavy atom. The van der Waals surface area contributed by atoms with Crippen molar-refractivity contribution in [2.75, 3.05) is 20.1 Å². The maximum atomic E-state index is 4.41. The van der Waals surface area contributed by atoms with Crippen LogP contribution in [0, 0.1) is 0 Å². The zero-order chi connectivity index (χ0) is 21.2. The molecule has 1 heterocycles. The Kier molecular flexibility index (Phi) is 16.4. The smallest absolute Gasteiger partial charge is 0.0404 e. The van der Waals surface area contributed by atoms with Crippen LogP contribution in [0.25, 0.3) is 0 Å². The SMILES string of the molecule is CCCc1cccc(CCC)c1.CCN(C)CC.CCc1cccc(CC)n1. The Labute approximate surface area is 175 Å². The third-order valence-electron chi connectivity index (χ3n) is 4.74. The van der Waals surface area contributed by atoms with Gasteiger partial charge >= 0.3 is 0 Å². The molecule has 0 aliphatic heterocycles. The first-order chi connectivity index (χ1) is 13.5.